The number of carboxylic acids is 1. The van der Waals surface area contributed by atoms with Gasteiger partial charge in [-0.1, -0.05) is 12.8 Å². The van der Waals surface area contributed by atoms with Crippen molar-refractivity contribution in [1.29, 1.82) is 0 Å². The predicted molar refractivity (Wildman–Crippen MR) is 85.4 cm³/mol. The number of carbonyl (C=O) groups is 3. The van der Waals surface area contributed by atoms with Gasteiger partial charge in [0.2, 0.25) is 0 Å². The average Bonchev–Trinajstić information content (AvgIpc) is 3.03. The predicted octanol–water partition coefficient (Wildman–Crippen LogP) is 1.95. The number of hydrogen-bond acceptors (Lipinski definition) is 4. The van der Waals surface area contributed by atoms with Gasteiger partial charge in [-0.05, 0) is 37.3 Å². The smallest absolute Gasteiger partial charge is 0.306 e. The minimum atomic E-state index is -0.749. The second kappa shape index (κ2) is 6.31. The summed E-state index contributed by atoms with van der Waals surface area (Å²) in [5.41, 5.74) is 5.24. The van der Waals surface area contributed by atoms with Gasteiger partial charge in [-0.15, -0.1) is 11.3 Å². The first kappa shape index (κ1) is 16.0. The van der Waals surface area contributed by atoms with Crippen molar-refractivity contribution in [3.05, 3.63) is 21.9 Å². The first-order valence-corrected chi connectivity index (χ1v) is 8.74. The number of piperidine rings is 1. The Morgan fingerprint density at radius 3 is 2.48 bits per heavy atom. The molecule has 23 heavy (non-hydrogen) atoms. The lowest BCUT2D eigenvalue weighted by Crippen LogP contribution is -2.54. The molecule has 2 heterocycles. The highest BCUT2D eigenvalue weighted by Crippen LogP contribution is 2.40. The van der Waals surface area contributed by atoms with Crippen LogP contribution in [0.4, 0.5) is 0 Å². The van der Waals surface area contributed by atoms with E-state index in [1.165, 1.54) is 0 Å². The van der Waals surface area contributed by atoms with Crippen LogP contribution < -0.4 is 5.73 Å². The van der Waals surface area contributed by atoms with Crippen LogP contribution >= 0.6 is 11.3 Å². The summed E-state index contributed by atoms with van der Waals surface area (Å²) in [6, 6.07) is 3.20. The maximum atomic E-state index is 12.8. The lowest BCUT2D eigenvalue weighted by Gasteiger charge is -2.46. The molecule has 0 radical (unpaired) electrons. The van der Waals surface area contributed by atoms with Crippen molar-refractivity contribution in [3.8, 4) is 0 Å². The van der Waals surface area contributed by atoms with Gasteiger partial charge in [0.1, 0.15) is 0 Å². The van der Waals surface area contributed by atoms with Crippen molar-refractivity contribution in [2.75, 3.05) is 6.54 Å². The molecule has 6 nitrogen and oxygen atoms in total. The highest BCUT2D eigenvalue weighted by Gasteiger charge is 2.44. The second-order valence-corrected chi connectivity index (χ2v) is 7.36. The van der Waals surface area contributed by atoms with E-state index in [1.807, 2.05) is 4.90 Å². The third-order valence-corrected chi connectivity index (χ3v) is 6.11. The topological polar surface area (TPSA) is 101 Å². The maximum Gasteiger partial charge on any atom is 0.306 e. The molecule has 3 rings (SSSR count). The van der Waals surface area contributed by atoms with Crippen LogP contribution in [0.1, 0.15) is 51.4 Å². The zero-order valence-corrected chi connectivity index (χ0v) is 13.6. The lowest BCUT2D eigenvalue weighted by molar-refractivity contribution is -0.147. The number of aliphatic carboxylic acids is 1. The van der Waals surface area contributed by atoms with E-state index in [4.69, 9.17) is 5.73 Å². The van der Waals surface area contributed by atoms with Crippen molar-refractivity contribution < 1.29 is 19.5 Å². The van der Waals surface area contributed by atoms with Gasteiger partial charge >= 0.3 is 5.97 Å². The molecule has 3 atom stereocenters. The summed E-state index contributed by atoms with van der Waals surface area (Å²) in [5, 5.41) is 9.43. The molecule has 7 heteroatoms. The van der Waals surface area contributed by atoms with Gasteiger partial charge in [0, 0.05) is 12.6 Å². The largest absolute Gasteiger partial charge is 0.481 e. The fraction of sp³-hybridized carbons (Fsp3) is 0.562. The Morgan fingerprint density at radius 2 is 1.83 bits per heavy atom. The van der Waals surface area contributed by atoms with Crippen LogP contribution in [0, 0.1) is 11.8 Å². The van der Waals surface area contributed by atoms with Crippen molar-refractivity contribution in [1.82, 2.24) is 4.90 Å². The van der Waals surface area contributed by atoms with E-state index < -0.39 is 11.9 Å². The standard InChI is InChI=1S/C16H20N2O4S/c17-14(19)12-5-6-13(23-12)15(20)18-8-7-10(16(21)22)9-3-1-2-4-11(9)18/h5-6,9-11H,1-4,7-8H2,(H2,17,19)(H,21,22). The number of fused-ring (bicyclic) bond motifs is 1. The highest BCUT2D eigenvalue weighted by atomic mass is 32.1. The molecule has 0 spiro atoms. The molecule has 124 valence electrons. The number of rotatable bonds is 3. The SMILES string of the molecule is NC(=O)c1ccc(C(=O)N2CCC(C(=O)O)C3CCCCC32)s1. The minimum absolute atomic E-state index is 0.00905. The fourth-order valence-electron chi connectivity index (χ4n) is 3.94. The van der Waals surface area contributed by atoms with Gasteiger partial charge < -0.3 is 15.7 Å². The van der Waals surface area contributed by atoms with Crippen LogP contribution in [0.2, 0.25) is 0 Å². The van der Waals surface area contributed by atoms with Crippen LogP contribution in [0.5, 0.6) is 0 Å². The Balaban J connectivity index is 1.82. The average molecular weight is 336 g/mol. The zero-order valence-electron chi connectivity index (χ0n) is 12.7. The molecule has 0 aromatic carbocycles. The molecule has 2 amide bonds. The summed E-state index contributed by atoms with van der Waals surface area (Å²) in [6.45, 7) is 0.459. The quantitative estimate of drug-likeness (QED) is 0.881. The van der Waals surface area contributed by atoms with Gasteiger partial charge in [-0.2, -0.15) is 0 Å². The van der Waals surface area contributed by atoms with Gasteiger partial charge in [0.15, 0.2) is 0 Å². The normalized spacial score (nSPS) is 27.3. The fourth-order valence-corrected chi connectivity index (χ4v) is 4.75. The van der Waals surface area contributed by atoms with E-state index in [-0.39, 0.29) is 23.8 Å². The highest BCUT2D eigenvalue weighted by molar-refractivity contribution is 7.15. The van der Waals surface area contributed by atoms with Crippen molar-refractivity contribution in [2.24, 2.45) is 17.6 Å². The Bertz CT molecular complexity index is 642. The first-order chi connectivity index (χ1) is 11.0. The molecule has 1 saturated carbocycles. The number of carbonyl (C=O) groups excluding carboxylic acids is 2. The van der Waals surface area contributed by atoms with Gasteiger partial charge in [0.05, 0.1) is 15.7 Å². The van der Waals surface area contributed by atoms with Crippen LogP contribution in [-0.2, 0) is 4.79 Å². The molecule has 3 N–H and O–H groups in total. The number of hydrogen-bond donors (Lipinski definition) is 2. The number of primary amides is 1. The third-order valence-electron chi connectivity index (χ3n) is 5.02. The van der Waals surface area contributed by atoms with E-state index in [0.29, 0.717) is 22.7 Å². The summed E-state index contributed by atoms with van der Waals surface area (Å²) in [4.78, 5) is 38.2. The summed E-state index contributed by atoms with van der Waals surface area (Å²) in [6.07, 6.45) is 4.26. The van der Waals surface area contributed by atoms with Gasteiger partial charge in [-0.25, -0.2) is 0 Å². The van der Waals surface area contributed by atoms with E-state index >= 15 is 0 Å². The number of likely N-dealkylation sites (tertiary alicyclic amines) is 1. The monoisotopic (exact) mass is 336 g/mol. The number of nitrogens with two attached hydrogens (primary N) is 1. The summed E-state index contributed by atoms with van der Waals surface area (Å²) in [7, 11) is 0. The summed E-state index contributed by atoms with van der Waals surface area (Å²) < 4.78 is 0. The third kappa shape index (κ3) is 2.97. The van der Waals surface area contributed by atoms with E-state index in [9.17, 15) is 19.5 Å². The molecule has 2 fully saturated rings. The van der Waals surface area contributed by atoms with Crippen LogP contribution in [0.15, 0.2) is 12.1 Å². The molecule has 0 bridgehead atoms. The molecule has 1 aliphatic carbocycles. The van der Waals surface area contributed by atoms with E-state index in [1.54, 1.807) is 12.1 Å². The molecule has 1 aliphatic heterocycles. The van der Waals surface area contributed by atoms with Gasteiger partial charge in [0.25, 0.3) is 11.8 Å². The maximum absolute atomic E-state index is 12.8. The number of thiophene rings is 1. The Morgan fingerprint density at radius 1 is 1.13 bits per heavy atom. The lowest BCUT2D eigenvalue weighted by atomic mass is 9.72. The molecule has 1 aromatic heterocycles. The van der Waals surface area contributed by atoms with E-state index in [2.05, 4.69) is 0 Å². The Kier molecular flexibility index (Phi) is 4.39. The first-order valence-electron chi connectivity index (χ1n) is 7.92. The molecule has 2 aliphatic rings. The summed E-state index contributed by atoms with van der Waals surface area (Å²) >= 11 is 1.11. The molecular formula is C16H20N2O4S. The van der Waals surface area contributed by atoms with Crippen LogP contribution in [0.25, 0.3) is 0 Å². The van der Waals surface area contributed by atoms with Crippen LogP contribution in [-0.4, -0.2) is 40.4 Å². The minimum Gasteiger partial charge on any atom is -0.481 e. The van der Waals surface area contributed by atoms with Gasteiger partial charge in [-0.3, -0.25) is 14.4 Å². The molecule has 1 aromatic rings. The summed E-state index contributed by atoms with van der Waals surface area (Å²) in [5.74, 6) is -1.71. The van der Waals surface area contributed by atoms with Crippen molar-refractivity contribution >= 4 is 29.1 Å². The molecular weight excluding hydrogens is 316 g/mol. The second-order valence-electron chi connectivity index (χ2n) is 6.28. The van der Waals surface area contributed by atoms with Crippen LogP contribution in [0.3, 0.4) is 0 Å². The Hall–Kier alpha value is -1.89. The van der Waals surface area contributed by atoms with E-state index in [0.717, 1.165) is 37.0 Å². The number of carboxylic acid groups (broad SMARTS) is 1. The molecule has 1 saturated heterocycles. The zero-order chi connectivity index (χ0) is 16.6. The Labute approximate surface area is 138 Å². The van der Waals surface area contributed by atoms with Crippen molar-refractivity contribution in [2.45, 2.75) is 38.1 Å². The number of amides is 2. The molecule has 3 unspecified atom stereocenters. The van der Waals surface area contributed by atoms with Crippen molar-refractivity contribution in [3.63, 3.8) is 0 Å². The number of nitrogens with zero attached hydrogens (tertiary/aromatic N) is 1.